The Kier molecular flexibility index (Phi) is 4.31. The summed E-state index contributed by atoms with van der Waals surface area (Å²) in [5.41, 5.74) is -0.652. The smallest absolute Gasteiger partial charge is 0.416 e. The highest BCUT2D eigenvalue weighted by Gasteiger charge is 2.31. The number of imidazole rings is 1. The van der Waals surface area contributed by atoms with E-state index in [4.69, 9.17) is 11.6 Å². The lowest BCUT2D eigenvalue weighted by atomic mass is 10.0. The summed E-state index contributed by atoms with van der Waals surface area (Å²) in [5, 5.41) is 21.0. The van der Waals surface area contributed by atoms with E-state index in [2.05, 4.69) is 4.98 Å². The van der Waals surface area contributed by atoms with Crippen LogP contribution in [0, 0.1) is 0 Å². The molecule has 3 aromatic carbocycles. The van der Waals surface area contributed by atoms with Gasteiger partial charge >= 0.3 is 11.9 Å². The number of fused-ring (bicyclic) bond motifs is 1. The van der Waals surface area contributed by atoms with Gasteiger partial charge in [0.05, 0.1) is 22.3 Å². The molecule has 3 N–H and O–H groups in total. The van der Waals surface area contributed by atoms with Crippen molar-refractivity contribution in [3.05, 3.63) is 75.7 Å². The number of hydrogen-bond donors (Lipinski definition) is 3. The Morgan fingerprint density at radius 2 is 1.62 bits per heavy atom. The minimum absolute atomic E-state index is 0.00348. The van der Waals surface area contributed by atoms with Gasteiger partial charge in [-0.3, -0.25) is 4.57 Å². The molecule has 9 heteroatoms. The molecular formula is C20H12ClF3N2O3. The molecule has 0 aliphatic heterocycles. The van der Waals surface area contributed by atoms with Gasteiger partial charge in [-0.1, -0.05) is 23.7 Å². The van der Waals surface area contributed by atoms with E-state index >= 15 is 0 Å². The number of rotatable bonds is 2. The maximum absolute atomic E-state index is 12.9. The van der Waals surface area contributed by atoms with Crippen LogP contribution in [-0.2, 0) is 6.18 Å². The van der Waals surface area contributed by atoms with Crippen LogP contribution in [0.2, 0.25) is 5.02 Å². The van der Waals surface area contributed by atoms with E-state index in [9.17, 15) is 28.2 Å². The number of phenolic OH excluding ortho intramolecular Hbond substituents is 2. The van der Waals surface area contributed by atoms with Crippen LogP contribution in [0.5, 0.6) is 11.5 Å². The number of aromatic amines is 1. The van der Waals surface area contributed by atoms with Crippen LogP contribution in [0.15, 0.2) is 59.4 Å². The fraction of sp³-hybridized carbons (Fsp3) is 0.0500. The molecule has 1 aromatic heterocycles. The Morgan fingerprint density at radius 1 is 0.931 bits per heavy atom. The Bertz CT molecular complexity index is 1290. The number of H-pyrrole nitrogens is 1. The summed E-state index contributed by atoms with van der Waals surface area (Å²) in [5.74, 6) is -0.649. The second-order valence-corrected chi connectivity index (χ2v) is 6.80. The van der Waals surface area contributed by atoms with E-state index in [0.29, 0.717) is 16.1 Å². The molecule has 148 valence electrons. The second kappa shape index (κ2) is 6.59. The van der Waals surface area contributed by atoms with Gasteiger partial charge in [0, 0.05) is 16.7 Å². The first-order valence-corrected chi connectivity index (χ1v) is 8.67. The van der Waals surface area contributed by atoms with Crippen LogP contribution in [0.4, 0.5) is 13.2 Å². The third-order valence-corrected chi connectivity index (χ3v) is 4.75. The normalized spacial score (nSPS) is 11.9. The fourth-order valence-corrected chi connectivity index (χ4v) is 3.26. The number of aromatic hydroxyl groups is 2. The monoisotopic (exact) mass is 420 g/mol. The molecule has 0 fully saturated rings. The standard InChI is InChI=1S/C20H12ClF3N2O3/c21-12-4-1-10(2-5-12)13-8-16(18(28)9-17(13)27)26-15-6-3-11(20(22,23)24)7-14(15)25-19(26)29/h1-9,27-28H,(H,25,29). The van der Waals surface area contributed by atoms with Gasteiger partial charge in [-0.05, 0) is 42.0 Å². The summed E-state index contributed by atoms with van der Waals surface area (Å²) in [7, 11) is 0. The van der Waals surface area contributed by atoms with Crippen molar-refractivity contribution in [2.75, 3.05) is 0 Å². The van der Waals surface area contributed by atoms with E-state index < -0.39 is 23.2 Å². The van der Waals surface area contributed by atoms with Crippen molar-refractivity contribution >= 4 is 22.6 Å². The molecule has 0 saturated carbocycles. The topological polar surface area (TPSA) is 78.2 Å². The van der Waals surface area contributed by atoms with E-state index in [-0.39, 0.29) is 22.5 Å². The van der Waals surface area contributed by atoms with Gasteiger partial charge in [-0.2, -0.15) is 13.2 Å². The first kappa shape index (κ1) is 18.9. The zero-order valence-electron chi connectivity index (χ0n) is 14.5. The minimum atomic E-state index is -4.56. The fourth-order valence-electron chi connectivity index (χ4n) is 3.13. The maximum atomic E-state index is 12.9. The number of aromatic nitrogens is 2. The predicted molar refractivity (Wildman–Crippen MR) is 103 cm³/mol. The first-order valence-electron chi connectivity index (χ1n) is 8.29. The Morgan fingerprint density at radius 3 is 2.28 bits per heavy atom. The van der Waals surface area contributed by atoms with E-state index in [1.165, 1.54) is 6.07 Å². The average Bonchev–Trinajstić information content (AvgIpc) is 2.97. The van der Waals surface area contributed by atoms with Gasteiger partial charge in [-0.15, -0.1) is 0 Å². The zero-order chi connectivity index (χ0) is 20.9. The summed E-state index contributed by atoms with van der Waals surface area (Å²) in [6.07, 6.45) is -4.56. The maximum Gasteiger partial charge on any atom is 0.416 e. The molecule has 0 saturated heterocycles. The molecule has 5 nitrogen and oxygen atoms in total. The molecule has 0 aliphatic carbocycles. The lowest BCUT2D eigenvalue weighted by Crippen LogP contribution is -2.14. The third kappa shape index (κ3) is 3.31. The van der Waals surface area contributed by atoms with Gasteiger partial charge in [0.15, 0.2) is 0 Å². The summed E-state index contributed by atoms with van der Waals surface area (Å²) in [6, 6.07) is 11.8. The van der Waals surface area contributed by atoms with Crippen molar-refractivity contribution in [2.45, 2.75) is 6.18 Å². The zero-order valence-corrected chi connectivity index (χ0v) is 15.2. The van der Waals surface area contributed by atoms with Gasteiger partial charge in [0.2, 0.25) is 0 Å². The first-order chi connectivity index (χ1) is 13.6. The number of phenols is 2. The molecule has 0 amide bonds. The number of halogens is 4. The van der Waals surface area contributed by atoms with Crippen molar-refractivity contribution < 1.29 is 23.4 Å². The summed E-state index contributed by atoms with van der Waals surface area (Å²) >= 11 is 5.88. The van der Waals surface area contributed by atoms with Crippen molar-refractivity contribution in [1.29, 1.82) is 0 Å². The van der Waals surface area contributed by atoms with Gasteiger partial charge in [0.1, 0.15) is 11.5 Å². The second-order valence-electron chi connectivity index (χ2n) is 6.36. The molecule has 0 radical (unpaired) electrons. The van der Waals surface area contributed by atoms with Crippen LogP contribution in [0.25, 0.3) is 27.8 Å². The van der Waals surface area contributed by atoms with Crippen LogP contribution < -0.4 is 5.69 Å². The van der Waals surface area contributed by atoms with Crippen molar-refractivity contribution in [2.24, 2.45) is 0 Å². The van der Waals surface area contributed by atoms with E-state index in [0.717, 1.165) is 28.8 Å². The van der Waals surface area contributed by atoms with E-state index in [1.54, 1.807) is 24.3 Å². The number of alkyl halides is 3. The molecule has 4 rings (SSSR count). The molecule has 0 unspecified atom stereocenters. The number of benzene rings is 3. The van der Waals surface area contributed by atoms with Crippen molar-refractivity contribution in [3.8, 4) is 28.3 Å². The number of hydrogen-bond acceptors (Lipinski definition) is 3. The largest absolute Gasteiger partial charge is 0.507 e. The summed E-state index contributed by atoms with van der Waals surface area (Å²) < 4.78 is 39.9. The average molecular weight is 421 g/mol. The third-order valence-electron chi connectivity index (χ3n) is 4.50. The molecule has 0 atom stereocenters. The predicted octanol–water partition coefficient (Wildman–Crippen LogP) is 5.07. The van der Waals surface area contributed by atoms with Crippen LogP contribution >= 0.6 is 11.6 Å². The molecule has 0 bridgehead atoms. The van der Waals surface area contributed by atoms with Crippen LogP contribution in [-0.4, -0.2) is 19.8 Å². The molecule has 0 spiro atoms. The van der Waals surface area contributed by atoms with E-state index in [1.807, 2.05) is 0 Å². The number of nitrogens with one attached hydrogen (secondary N) is 1. The highest BCUT2D eigenvalue weighted by molar-refractivity contribution is 6.30. The van der Waals surface area contributed by atoms with Crippen LogP contribution in [0.3, 0.4) is 0 Å². The van der Waals surface area contributed by atoms with Gasteiger partial charge in [0.25, 0.3) is 0 Å². The van der Waals surface area contributed by atoms with Crippen LogP contribution in [0.1, 0.15) is 5.56 Å². The molecule has 29 heavy (non-hydrogen) atoms. The molecule has 4 aromatic rings. The lowest BCUT2D eigenvalue weighted by molar-refractivity contribution is -0.137. The summed E-state index contributed by atoms with van der Waals surface area (Å²) in [6.45, 7) is 0. The highest BCUT2D eigenvalue weighted by Crippen LogP contribution is 2.38. The highest BCUT2D eigenvalue weighted by atomic mass is 35.5. The number of nitrogens with zero attached hydrogens (tertiary/aromatic N) is 1. The SMILES string of the molecule is O=c1[nH]c2cc(C(F)(F)F)ccc2n1-c1cc(-c2ccc(Cl)cc2)c(O)cc1O. The summed E-state index contributed by atoms with van der Waals surface area (Å²) in [4.78, 5) is 14.8. The Labute approximate surface area is 166 Å². The van der Waals surface area contributed by atoms with Crippen molar-refractivity contribution in [1.82, 2.24) is 9.55 Å². The van der Waals surface area contributed by atoms with Gasteiger partial charge in [-0.25, -0.2) is 4.79 Å². The van der Waals surface area contributed by atoms with Crippen molar-refractivity contribution in [3.63, 3.8) is 0 Å². The molecule has 1 heterocycles. The quantitative estimate of drug-likeness (QED) is 0.423. The Balaban J connectivity index is 1.94. The minimum Gasteiger partial charge on any atom is -0.507 e. The molecule has 0 aliphatic rings. The molecular weight excluding hydrogens is 409 g/mol. The van der Waals surface area contributed by atoms with Gasteiger partial charge < -0.3 is 15.2 Å². The lowest BCUT2D eigenvalue weighted by Gasteiger charge is -2.12. The Hall–Kier alpha value is -3.39.